The fraction of sp³-hybridized carbons (Fsp3) is 0.440. The van der Waals surface area contributed by atoms with Gasteiger partial charge in [0.1, 0.15) is 24.2 Å². The van der Waals surface area contributed by atoms with E-state index in [-0.39, 0.29) is 36.5 Å². The first-order valence-electron chi connectivity index (χ1n) is 11.6. The van der Waals surface area contributed by atoms with Crippen LogP contribution in [0.15, 0.2) is 54.6 Å². The van der Waals surface area contributed by atoms with Crippen molar-refractivity contribution in [2.24, 2.45) is 5.73 Å². The molecule has 2 aliphatic rings. The van der Waals surface area contributed by atoms with E-state index in [9.17, 15) is 9.59 Å². The van der Waals surface area contributed by atoms with Gasteiger partial charge in [0.15, 0.2) is 0 Å². The number of ether oxygens (including phenoxy) is 2. The molecule has 2 atom stereocenters. The lowest BCUT2D eigenvalue weighted by atomic mass is 10.1. The highest BCUT2D eigenvalue weighted by molar-refractivity contribution is 5.83. The summed E-state index contributed by atoms with van der Waals surface area (Å²) in [5.74, 6) is 1.51. The molecule has 4 N–H and O–H groups in total. The van der Waals surface area contributed by atoms with Gasteiger partial charge >= 0.3 is 0 Å². The van der Waals surface area contributed by atoms with Crippen molar-refractivity contribution in [3.8, 4) is 11.5 Å². The number of carbonyl (C=O) groups excluding carboxylic acids is 2. The Labute approximate surface area is 194 Å². The summed E-state index contributed by atoms with van der Waals surface area (Å²) in [5.41, 5.74) is 6.47. The van der Waals surface area contributed by atoms with Gasteiger partial charge in [-0.05, 0) is 36.2 Å². The summed E-state index contributed by atoms with van der Waals surface area (Å²) in [4.78, 5) is 26.2. The quantitative estimate of drug-likeness (QED) is 0.560. The monoisotopic (exact) mass is 452 g/mol. The van der Waals surface area contributed by atoms with Gasteiger partial charge in [-0.3, -0.25) is 9.59 Å². The molecule has 0 aliphatic carbocycles. The minimum Gasteiger partial charge on any atom is -0.490 e. The highest BCUT2D eigenvalue weighted by atomic mass is 16.5. The Kier molecular flexibility index (Phi) is 7.80. The topological polar surface area (TPSA) is 106 Å². The third kappa shape index (κ3) is 6.46. The molecule has 1 unspecified atom stereocenters. The number of rotatable bonds is 8. The number of piperidine rings is 1. The van der Waals surface area contributed by atoms with Gasteiger partial charge in [-0.15, -0.1) is 0 Å². The number of hydrogen-bond donors (Lipinski definition) is 3. The molecule has 0 radical (unpaired) electrons. The molecule has 176 valence electrons. The Bertz CT molecular complexity index is 914. The van der Waals surface area contributed by atoms with Gasteiger partial charge in [-0.25, -0.2) is 0 Å². The summed E-state index contributed by atoms with van der Waals surface area (Å²) in [6.07, 6.45) is 2.26. The van der Waals surface area contributed by atoms with Crippen LogP contribution in [0.5, 0.6) is 11.5 Å². The molecule has 2 saturated heterocycles. The lowest BCUT2D eigenvalue weighted by Crippen LogP contribution is -2.48. The van der Waals surface area contributed by atoms with E-state index in [1.54, 1.807) is 0 Å². The smallest absolute Gasteiger partial charge is 0.239 e. The van der Waals surface area contributed by atoms with Crippen LogP contribution in [0.25, 0.3) is 0 Å². The second kappa shape index (κ2) is 11.2. The summed E-state index contributed by atoms with van der Waals surface area (Å²) in [5, 5.41) is 6.07. The Morgan fingerprint density at radius 3 is 2.42 bits per heavy atom. The third-order valence-corrected chi connectivity index (χ3v) is 6.11. The minimum absolute atomic E-state index is 0.0356. The average molecular weight is 453 g/mol. The van der Waals surface area contributed by atoms with E-state index in [2.05, 4.69) is 10.6 Å². The molecule has 0 spiro atoms. The number of nitrogens with one attached hydrogen (secondary N) is 2. The molecule has 2 fully saturated rings. The standard InChI is InChI=1S/C25H32N4O4/c26-15-24(30)28-19-14-23(27-16-19)25(31)29-12-10-22(11-13-29)33-21-8-6-20(7-9-21)32-17-18-4-2-1-3-5-18/h1-9,19,22-23,27H,10-17,26H2,(H,28,30)/t19?,23-/m0/s1. The van der Waals surface area contributed by atoms with E-state index in [0.717, 1.165) is 29.9 Å². The van der Waals surface area contributed by atoms with Crippen molar-refractivity contribution in [1.29, 1.82) is 0 Å². The molecule has 8 nitrogen and oxygen atoms in total. The van der Waals surface area contributed by atoms with Gasteiger partial charge in [0.25, 0.3) is 0 Å². The second-order valence-electron chi connectivity index (χ2n) is 8.55. The molecular weight excluding hydrogens is 420 g/mol. The number of amides is 2. The molecule has 33 heavy (non-hydrogen) atoms. The van der Waals surface area contributed by atoms with Gasteiger partial charge in [0, 0.05) is 38.5 Å². The summed E-state index contributed by atoms with van der Waals surface area (Å²) in [6, 6.07) is 17.4. The van der Waals surface area contributed by atoms with E-state index >= 15 is 0 Å². The van der Waals surface area contributed by atoms with Crippen LogP contribution in [0.3, 0.4) is 0 Å². The second-order valence-corrected chi connectivity index (χ2v) is 8.55. The van der Waals surface area contributed by atoms with E-state index in [1.807, 2.05) is 59.5 Å². The number of nitrogens with two attached hydrogens (primary N) is 1. The van der Waals surface area contributed by atoms with Gasteiger partial charge in [0.2, 0.25) is 11.8 Å². The molecule has 2 amide bonds. The molecule has 0 aromatic heterocycles. The SMILES string of the molecule is NCC(=O)NC1CN[C@H](C(=O)N2CCC(Oc3ccc(OCc4ccccc4)cc3)CC2)C1. The minimum atomic E-state index is -0.256. The van der Waals surface area contributed by atoms with Crippen molar-refractivity contribution < 1.29 is 19.1 Å². The average Bonchev–Trinajstić information content (AvgIpc) is 3.32. The van der Waals surface area contributed by atoms with E-state index in [4.69, 9.17) is 15.2 Å². The number of benzene rings is 2. The molecule has 0 saturated carbocycles. The molecule has 2 aliphatic heterocycles. The molecule has 2 aromatic rings. The first kappa shape index (κ1) is 23.1. The maximum absolute atomic E-state index is 12.8. The van der Waals surface area contributed by atoms with Gasteiger partial charge in [-0.2, -0.15) is 0 Å². The van der Waals surface area contributed by atoms with Gasteiger partial charge in [0.05, 0.1) is 12.6 Å². The number of nitrogens with zero attached hydrogens (tertiary/aromatic N) is 1. The zero-order valence-electron chi connectivity index (χ0n) is 18.7. The molecule has 4 rings (SSSR count). The van der Waals surface area contributed by atoms with Crippen molar-refractivity contribution >= 4 is 11.8 Å². The molecule has 2 aromatic carbocycles. The summed E-state index contributed by atoms with van der Waals surface area (Å²) >= 11 is 0. The Balaban J connectivity index is 1.18. The van der Waals surface area contributed by atoms with Gasteiger partial charge < -0.3 is 30.7 Å². The Hall–Kier alpha value is -3.10. The van der Waals surface area contributed by atoms with E-state index in [0.29, 0.717) is 32.7 Å². The van der Waals surface area contributed by atoms with Crippen LogP contribution < -0.4 is 25.8 Å². The van der Waals surface area contributed by atoms with Crippen molar-refractivity contribution in [3.63, 3.8) is 0 Å². The number of carbonyl (C=O) groups is 2. The normalized spacial score (nSPS) is 20.9. The van der Waals surface area contributed by atoms with E-state index in [1.165, 1.54) is 0 Å². The van der Waals surface area contributed by atoms with Crippen LogP contribution >= 0.6 is 0 Å². The zero-order chi connectivity index (χ0) is 23.0. The van der Waals surface area contributed by atoms with Gasteiger partial charge in [-0.1, -0.05) is 30.3 Å². The third-order valence-electron chi connectivity index (χ3n) is 6.11. The first-order chi connectivity index (χ1) is 16.1. The van der Waals surface area contributed by atoms with Crippen molar-refractivity contribution in [2.75, 3.05) is 26.2 Å². The lowest BCUT2D eigenvalue weighted by Gasteiger charge is -2.33. The molecule has 8 heteroatoms. The number of hydrogen-bond acceptors (Lipinski definition) is 6. The summed E-state index contributed by atoms with van der Waals surface area (Å²) in [7, 11) is 0. The van der Waals surface area contributed by atoms with Crippen molar-refractivity contribution in [3.05, 3.63) is 60.2 Å². The van der Waals surface area contributed by atoms with Crippen LogP contribution in [-0.4, -0.2) is 61.1 Å². The fourth-order valence-corrected chi connectivity index (χ4v) is 4.28. The molecule has 0 bridgehead atoms. The highest BCUT2D eigenvalue weighted by Crippen LogP contribution is 2.23. The Morgan fingerprint density at radius 1 is 1.03 bits per heavy atom. The predicted octanol–water partition coefficient (Wildman–Crippen LogP) is 1.44. The van der Waals surface area contributed by atoms with Crippen LogP contribution in [-0.2, 0) is 16.2 Å². The number of likely N-dealkylation sites (tertiary alicyclic amines) is 1. The first-order valence-corrected chi connectivity index (χ1v) is 11.6. The maximum Gasteiger partial charge on any atom is 0.239 e. The van der Waals surface area contributed by atoms with Crippen LogP contribution in [0.2, 0.25) is 0 Å². The fourth-order valence-electron chi connectivity index (χ4n) is 4.28. The van der Waals surface area contributed by atoms with Crippen molar-refractivity contribution in [2.45, 2.75) is 44.1 Å². The Morgan fingerprint density at radius 2 is 1.73 bits per heavy atom. The van der Waals surface area contributed by atoms with Crippen LogP contribution in [0, 0.1) is 0 Å². The lowest BCUT2D eigenvalue weighted by molar-refractivity contribution is -0.135. The summed E-state index contributed by atoms with van der Waals surface area (Å²) < 4.78 is 12.0. The van der Waals surface area contributed by atoms with E-state index < -0.39 is 0 Å². The van der Waals surface area contributed by atoms with Crippen LogP contribution in [0.4, 0.5) is 0 Å². The zero-order valence-corrected chi connectivity index (χ0v) is 18.7. The molecule has 2 heterocycles. The van der Waals surface area contributed by atoms with Crippen molar-refractivity contribution in [1.82, 2.24) is 15.5 Å². The summed E-state index contributed by atoms with van der Waals surface area (Å²) in [6.45, 7) is 2.42. The molecular formula is C25H32N4O4. The maximum atomic E-state index is 12.8. The predicted molar refractivity (Wildman–Crippen MR) is 125 cm³/mol. The highest BCUT2D eigenvalue weighted by Gasteiger charge is 2.34. The largest absolute Gasteiger partial charge is 0.490 e. The van der Waals surface area contributed by atoms with Crippen LogP contribution in [0.1, 0.15) is 24.8 Å².